The number of hydrogen-bond donors (Lipinski definition) is 0. The summed E-state index contributed by atoms with van der Waals surface area (Å²) in [5.74, 6) is -0.0116. The van der Waals surface area contributed by atoms with Crippen LogP contribution < -0.4 is 0 Å². The number of ketones is 1. The molecule has 0 aromatic heterocycles. The number of nitrogens with zero attached hydrogens (tertiary/aromatic N) is 2. The predicted octanol–water partition coefficient (Wildman–Crippen LogP) is 0.492. The molecule has 0 aromatic rings. The molecule has 48 valence electrons. The van der Waals surface area contributed by atoms with Crippen molar-refractivity contribution in [3.8, 4) is 0 Å². The third-order valence-corrected chi connectivity index (χ3v) is 1.38. The Balaban J connectivity index is 2.54. The third kappa shape index (κ3) is 0.572. The van der Waals surface area contributed by atoms with Crippen LogP contribution in [0.15, 0.2) is 34.0 Å². The number of allylic oxidation sites excluding steroid dienone is 2. The van der Waals surface area contributed by atoms with E-state index < -0.39 is 0 Å². The van der Waals surface area contributed by atoms with Crippen molar-refractivity contribution in [3.63, 3.8) is 0 Å². The maximum atomic E-state index is 11.0. The predicted molar refractivity (Wildman–Crippen MR) is 38.2 cm³/mol. The van der Waals surface area contributed by atoms with Gasteiger partial charge in [0.2, 0.25) is 0 Å². The van der Waals surface area contributed by atoms with Crippen LogP contribution in [0.5, 0.6) is 0 Å². The highest BCUT2D eigenvalue weighted by atomic mass is 16.1. The fourth-order valence-corrected chi connectivity index (χ4v) is 0.886. The van der Waals surface area contributed by atoms with Crippen molar-refractivity contribution in [2.45, 2.75) is 0 Å². The number of carbonyl (C=O) groups excluding carboxylic acids is 1. The molecule has 3 heteroatoms. The summed E-state index contributed by atoms with van der Waals surface area (Å²) in [6.45, 7) is 0. The van der Waals surface area contributed by atoms with Crippen molar-refractivity contribution >= 4 is 17.7 Å². The Kier molecular flexibility index (Phi) is 0.917. The zero-order chi connectivity index (χ0) is 6.97. The first-order valence-corrected chi connectivity index (χ1v) is 2.90. The van der Waals surface area contributed by atoms with Crippen LogP contribution in [-0.2, 0) is 4.79 Å². The molecular formula is C7H4N2O. The molecule has 0 spiro atoms. The number of fused-ring (bicyclic) bond motifs is 1. The molecule has 2 heterocycles. The lowest BCUT2D eigenvalue weighted by molar-refractivity contribution is -0.110. The fourth-order valence-electron chi connectivity index (χ4n) is 0.886. The highest BCUT2D eigenvalue weighted by Gasteiger charge is 2.17. The molecule has 0 unspecified atom stereocenters. The molecule has 0 atom stereocenters. The summed E-state index contributed by atoms with van der Waals surface area (Å²) < 4.78 is 0. The highest BCUT2D eigenvalue weighted by molar-refractivity contribution is 6.49. The molecule has 0 aliphatic carbocycles. The lowest BCUT2D eigenvalue weighted by Gasteiger charge is -1.99. The van der Waals surface area contributed by atoms with E-state index in [9.17, 15) is 4.79 Å². The summed E-state index contributed by atoms with van der Waals surface area (Å²) in [6.07, 6.45) is 6.04. The second-order valence-corrected chi connectivity index (χ2v) is 2.02. The minimum atomic E-state index is -0.0116. The normalized spacial score (nSPS) is 20.6. The molecule has 3 nitrogen and oxygen atoms in total. The van der Waals surface area contributed by atoms with Crippen molar-refractivity contribution in [3.05, 3.63) is 24.0 Å². The topological polar surface area (TPSA) is 41.8 Å². The Morgan fingerprint density at radius 1 is 1.40 bits per heavy atom. The van der Waals surface area contributed by atoms with Crippen LogP contribution >= 0.6 is 0 Å². The molecule has 2 aliphatic heterocycles. The van der Waals surface area contributed by atoms with Gasteiger partial charge in [0, 0.05) is 18.5 Å². The van der Waals surface area contributed by atoms with E-state index in [-0.39, 0.29) is 5.78 Å². The molecule has 0 aromatic carbocycles. The van der Waals surface area contributed by atoms with Crippen LogP contribution in [0.3, 0.4) is 0 Å². The molecular weight excluding hydrogens is 128 g/mol. The van der Waals surface area contributed by atoms with Gasteiger partial charge in [-0.05, 0) is 0 Å². The van der Waals surface area contributed by atoms with Crippen molar-refractivity contribution in [2.75, 3.05) is 0 Å². The molecule has 0 saturated carbocycles. The molecule has 0 saturated heterocycles. The number of hydrogen-bond acceptors (Lipinski definition) is 3. The van der Waals surface area contributed by atoms with Crippen LogP contribution in [0.2, 0.25) is 0 Å². The molecule has 0 radical (unpaired) electrons. The Morgan fingerprint density at radius 2 is 2.30 bits per heavy atom. The second kappa shape index (κ2) is 1.73. The highest BCUT2D eigenvalue weighted by Crippen LogP contribution is 2.10. The lowest BCUT2D eigenvalue weighted by Crippen LogP contribution is -2.11. The second-order valence-electron chi connectivity index (χ2n) is 2.02. The van der Waals surface area contributed by atoms with E-state index in [1.165, 1.54) is 18.5 Å². The average molecular weight is 132 g/mol. The van der Waals surface area contributed by atoms with Gasteiger partial charge in [-0.1, -0.05) is 0 Å². The molecule has 2 rings (SSSR count). The van der Waals surface area contributed by atoms with Crippen LogP contribution in [0.4, 0.5) is 0 Å². The third-order valence-electron chi connectivity index (χ3n) is 1.38. The molecule has 2 aliphatic rings. The summed E-state index contributed by atoms with van der Waals surface area (Å²) >= 11 is 0. The van der Waals surface area contributed by atoms with Gasteiger partial charge in [-0.3, -0.25) is 14.8 Å². The van der Waals surface area contributed by atoms with Crippen molar-refractivity contribution in [2.24, 2.45) is 9.98 Å². The molecule has 0 fully saturated rings. The summed E-state index contributed by atoms with van der Waals surface area (Å²) in [5.41, 5.74) is 1.27. The minimum absolute atomic E-state index is 0.0116. The van der Waals surface area contributed by atoms with E-state index in [4.69, 9.17) is 0 Å². The standard InChI is InChI=1S/C7H4N2O/c10-7-1-2-9-6-4-8-3-5(6)7/h1-4H. The van der Waals surface area contributed by atoms with E-state index in [0.29, 0.717) is 11.3 Å². The summed E-state index contributed by atoms with van der Waals surface area (Å²) in [4.78, 5) is 18.7. The first-order chi connectivity index (χ1) is 4.88. The summed E-state index contributed by atoms with van der Waals surface area (Å²) in [5, 5.41) is 0. The van der Waals surface area contributed by atoms with Gasteiger partial charge in [-0.2, -0.15) is 0 Å². The fraction of sp³-hybridized carbons (Fsp3) is 0. The van der Waals surface area contributed by atoms with E-state index >= 15 is 0 Å². The van der Waals surface area contributed by atoms with E-state index in [2.05, 4.69) is 9.98 Å². The lowest BCUT2D eigenvalue weighted by atomic mass is 10.1. The Hall–Kier alpha value is -1.51. The molecule has 0 amide bonds. The van der Waals surface area contributed by atoms with Gasteiger partial charge in [0.05, 0.1) is 17.5 Å². The van der Waals surface area contributed by atoms with Gasteiger partial charge in [-0.15, -0.1) is 0 Å². The van der Waals surface area contributed by atoms with Gasteiger partial charge in [-0.25, -0.2) is 0 Å². The maximum absolute atomic E-state index is 11.0. The van der Waals surface area contributed by atoms with Crippen LogP contribution in [-0.4, -0.2) is 17.7 Å². The first-order valence-electron chi connectivity index (χ1n) is 2.90. The first kappa shape index (κ1) is 5.29. The summed E-state index contributed by atoms with van der Waals surface area (Å²) in [7, 11) is 0. The van der Waals surface area contributed by atoms with Gasteiger partial charge in [0.15, 0.2) is 5.78 Å². The van der Waals surface area contributed by atoms with Crippen molar-refractivity contribution in [1.29, 1.82) is 0 Å². The van der Waals surface area contributed by atoms with Crippen molar-refractivity contribution < 1.29 is 4.79 Å². The zero-order valence-corrected chi connectivity index (χ0v) is 5.11. The molecule has 0 bridgehead atoms. The molecule has 10 heavy (non-hydrogen) atoms. The summed E-state index contributed by atoms with van der Waals surface area (Å²) in [6, 6.07) is 0. The quantitative estimate of drug-likeness (QED) is 0.473. The van der Waals surface area contributed by atoms with Gasteiger partial charge >= 0.3 is 0 Å². The minimum Gasteiger partial charge on any atom is -0.289 e. The van der Waals surface area contributed by atoms with E-state index in [0.717, 1.165) is 0 Å². The Bertz CT molecular complexity index is 302. The monoisotopic (exact) mass is 132 g/mol. The van der Waals surface area contributed by atoms with Gasteiger partial charge in [0.25, 0.3) is 0 Å². The van der Waals surface area contributed by atoms with E-state index in [1.807, 2.05) is 0 Å². The smallest absolute Gasteiger partial charge is 0.191 e. The SMILES string of the molecule is O=C1C=CN=C2C=NC=C12. The maximum Gasteiger partial charge on any atom is 0.191 e. The van der Waals surface area contributed by atoms with Crippen LogP contribution in [0, 0.1) is 0 Å². The number of carbonyl (C=O) groups is 1. The zero-order valence-electron chi connectivity index (χ0n) is 5.11. The number of aliphatic imine (C=N–C) groups is 2. The van der Waals surface area contributed by atoms with Gasteiger partial charge < -0.3 is 0 Å². The van der Waals surface area contributed by atoms with Crippen LogP contribution in [0.25, 0.3) is 0 Å². The largest absolute Gasteiger partial charge is 0.289 e. The van der Waals surface area contributed by atoms with Crippen molar-refractivity contribution in [1.82, 2.24) is 0 Å². The van der Waals surface area contributed by atoms with Crippen LogP contribution in [0.1, 0.15) is 0 Å². The van der Waals surface area contributed by atoms with Gasteiger partial charge in [0.1, 0.15) is 0 Å². The number of rotatable bonds is 0. The average Bonchev–Trinajstić information content (AvgIpc) is 2.36. The Morgan fingerprint density at radius 3 is 3.10 bits per heavy atom. The Labute approximate surface area is 57.5 Å². The molecule has 0 N–H and O–H groups in total. The van der Waals surface area contributed by atoms with E-state index in [1.54, 1.807) is 6.21 Å².